The molecule has 0 saturated carbocycles. The summed E-state index contributed by atoms with van der Waals surface area (Å²) in [5, 5.41) is 0. The first-order valence-corrected chi connectivity index (χ1v) is 5.65. The summed E-state index contributed by atoms with van der Waals surface area (Å²) in [6.07, 6.45) is 1.88. The third-order valence-corrected chi connectivity index (χ3v) is 2.35. The molecule has 1 amide bonds. The van der Waals surface area contributed by atoms with Crippen molar-refractivity contribution in [3.05, 3.63) is 22.4 Å². The summed E-state index contributed by atoms with van der Waals surface area (Å²) < 4.78 is 2.77. The van der Waals surface area contributed by atoms with Crippen LogP contribution in [0.3, 0.4) is 0 Å². The minimum atomic E-state index is -0.226. The molecule has 1 aromatic rings. The molecule has 1 heterocycles. The van der Waals surface area contributed by atoms with E-state index < -0.39 is 0 Å². The molecular formula is C10H15BrN2O2. The lowest BCUT2D eigenvalue weighted by Crippen LogP contribution is -2.26. The lowest BCUT2D eigenvalue weighted by atomic mass is 10.3. The van der Waals surface area contributed by atoms with Crippen LogP contribution < -0.4 is 5.48 Å². The standard InChI is InChI=1S/C10H15BrN2O2/c1-4-15-12-10(14)9-5-8(11)6-13(9)7(2)3/h5-7H,4H2,1-3H3,(H,12,14). The topological polar surface area (TPSA) is 43.3 Å². The van der Waals surface area contributed by atoms with Crippen molar-refractivity contribution in [2.45, 2.75) is 26.8 Å². The summed E-state index contributed by atoms with van der Waals surface area (Å²) in [5.74, 6) is -0.226. The number of rotatable bonds is 4. The first kappa shape index (κ1) is 12.3. The van der Waals surface area contributed by atoms with Gasteiger partial charge in [-0.3, -0.25) is 9.63 Å². The molecule has 84 valence electrons. The molecule has 0 radical (unpaired) electrons. The average Bonchev–Trinajstić information content (AvgIpc) is 2.57. The van der Waals surface area contributed by atoms with E-state index >= 15 is 0 Å². The van der Waals surface area contributed by atoms with Gasteiger partial charge in [-0.1, -0.05) is 0 Å². The number of nitrogens with zero attached hydrogens (tertiary/aromatic N) is 1. The fourth-order valence-electron chi connectivity index (χ4n) is 1.24. The molecule has 5 heteroatoms. The minimum Gasteiger partial charge on any atom is -0.340 e. The van der Waals surface area contributed by atoms with Crippen molar-refractivity contribution in [1.29, 1.82) is 0 Å². The van der Waals surface area contributed by atoms with Crippen LogP contribution in [0, 0.1) is 0 Å². The average molecular weight is 275 g/mol. The Kier molecular flexibility index (Phi) is 4.35. The van der Waals surface area contributed by atoms with Crippen molar-refractivity contribution in [2.75, 3.05) is 6.61 Å². The highest BCUT2D eigenvalue weighted by molar-refractivity contribution is 9.10. The van der Waals surface area contributed by atoms with E-state index in [2.05, 4.69) is 21.4 Å². The molecule has 0 atom stereocenters. The van der Waals surface area contributed by atoms with Crippen LogP contribution in [0.2, 0.25) is 0 Å². The van der Waals surface area contributed by atoms with Crippen LogP contribution in [-0.2, 0) is 4.84 Å². The number of nitrogens with one attached hydrogen (secondary N) is 1. The van der Waals surface area contributed by atoms with Gasteiger partial charge >= 0.3 is 0 Å². The molecule has 0 aliphatic heterocycles. The second-order valence-electron chi connectivity index (χ2n) is 3.41. The number of carbonyl (C=O) groups is 1. The second-order valence-corrected chi connectivity index (χ2v) is 4.32. The SMILES string of the molecule is CCONC(=O)c1cc(Br)cn1C(C)C. The molecule has 0 aromatic carbocycles. The quantitative estimate of drug-likeness (QED) is 0.858. The predicted molar refractivity (Wildman–Crippen MR) is 61.6 cm³/mol. The van der Waals surface area contributed by atoms with Crippen molar-refractivity contribution in [2.24, 2.45) is 0 Å². The first-order valence-electron chi connectivity index (χ1n) is 4.85. The molecule has 1 N–H and O–H groups in total. The van der Waals surface area contributed by atoms with Crippen LogP contribution in [-0.4, -0.2) is 17.1 Å². The Labute approximate surface area is 97.7 Å². The van der Waals surface area contributed by atoms with E-state index in [1.54, 1.807) is 6.07 Å². The molecule has 4 nitrogen and oxygen atoms in total. The zero-order valence-electron chi connectivity index (χ0n) is 9.08. The Morgan fingerprint density at radius 2 is 2.33 bits per heavy atom. The normalized spacial score (nSPS) is 10.7. The van der Waals surface area contributed by atoms with Crippen LogP contribution in [0.4, 0.5) is 0 Å². The van der Waals surface area contributed by atoms with Gasteiger partial charge in [0, 0.05) is 16.7 Å². The Hall–Kier alpha value is -0.810. The van der Waals surface area contributed by atoms with Gasteiger partial charge in [0.1, 0.15) is 5.69 Å². The monoisotopic (exact) mass is 274 g/mol. The van der Waals surface area contributed by atoms with Gasteiger partial charge < -0.3 is 4.57 Å². The van der Waals surface area contributed by atoms with Crippen molar-refractivity contribution < 1.29 is 9.63 Å². The molecule has 15 heavy (non-hydrogen) atoms. The fraction of sp³-hybridized carbons (Fsp3) is 0.500. The van der Waals surface area contributed by atoms with E-state index in [1.807, 2.05) is 31.5 Å². The molecule has 0 aliphatic carbocycles. The molecular weight excluding hydrogens is 260 g/mol. The Bertz CT molecular complexity index is 347. The van der Waals surface area contributed by atoms with Gasteiger partial charge in [-0.2, -0.15) is 0 Å². The lowest BCUT2D eigenvalue weighted by molar-refractivity contribution is 0.0355. The Balaban J connectivity index is 2.87. The summed E-state index contributed by atoms with van der Waals surface area (Å²) >= 11 is 3.35. The van der Waals surface area contributed by atoms with Gasteiger partial charge in [-0.15, -0.1) is 0 Å². The zero-order chi connectivity index (χ0) is 11.4. The van der Waals surface area contributed by atoms with Crippen LogP contribution in [0.1, 0.15) is 37.3 Å². The number of hydroxylamine groups is 1. The molecule has 0 spiro atoms. The van der Waals surface area contributed by atoms with Crippen LogP contribution in [0.15, 0.2) is 16.7 Å². The molecule has 0 saturated heterocycles. The molecule has 1 aromatic heterocycles. The van der Waals surface area contributed by atoms with Crippen LogP contribution in [0.25, 0.3) is 0 Å². The van der Waals surface area contributed by atoms with Gasteiger partial charge in [0.05, 0.1) is 6.61 Å². The largest absolute Gasteiger partial charge is 0.340 e. The number of hydrogen-bond donors (Lipinski definition) is 1. The lowest BCUT2D eigenvalue weighted by Gasteiger charge is -2.12. The first-order chi connectivity index (χ1) is 7.06. The minimum absolute atomic E-state index is 0.226. The highest BCUT2D eigenvalue weighted by Crippen LogP contribution is 2.19. The van der Waals surface area contributed by atoms with E-state index in [-0.39, 0.29) is 11.9 Å². The molecule has 0 bridgehead atoms. The summed E-state index contributed by atoms with van der Waals surface area (Å²) in [6.45, 7) is 6.31. The maximum atomic E-state index is 11.7. The predicted octanol–water partition coefficient (Wildman–Crippen LogP) is 2.51. The summed E-state index contributed by atoms with van der Waals surface area (Å²) in [7, 11) is 0. The van der Waals surface area contributed by atoms with Gasteiger partial charge in [-0.05, 0) is 42.8 Å². The Morgan fingerprint density at radius 3 is 2.87 bits per heavy atom. The van der Waals surface area contributed by atoms with Crippen molar-refractivity contribution in [1.82, 2.24) is 10.0 Å². The molecule has 0 aliphatic rings. The summed E-state index contributed by atoms with van der Waals surface area (Å²) in [5.41, 5.74) is 2.96. The zero-order valence-corrected chi connectivity index (χ0v) is 10.7. The van der Waals surface area contributed by atoms with E-state index in [0.29, 0.717) is 12.3 Å². The van der Waals surface area contributed by atoms with Crippen LogP contribution >= 0.6 is 15.9 Å². The third-order valence-electron chi connectivity index (χ3n) is 1.91. The van der Waals surface area contributed by atoms with Gasteiger partial charge in [0.25, 0.3) is 5.91 Å². The summed E-state index contributed by atoms with van der Waals surface area (Å²) in [6, 6.07) is 2.01. The third kappa shape index (κ3) is 3.07. The van der Waals surface area contributed by atoms with E-state index in [4.69, 9.17) is 4.84 Å². The van der Waals surface area contributed by atoms with Crippen molar-refractivity contribution in [3.63, 3.8) is 0 Å². The summed E-state index contributed by atoms with van der Waals surface area (Å²) in [4.78, 5) is 16.5. The number of carbonyl (C=O) groups excluding carboxylic acids is 1. The van der Waals surface area contributed by atoms with E-state index in [9.17, 15) is 4.79 Å². The number of amides is 1. The highest BCUT2D eigenvalue weighted by atomic mass is 79.9. The van der Waals surface area contributed by atoms with E-state index in [1.165, 1.54) is 0 Å². The fourth-order valence-corrected chi connectivity index (χ4v) is 1.68. The maximum absolute atomic E-state index is 11.7. The van der Waals surface area contributed by atoms with Gasteiger partial charge in [0.2, 0.25) is 0 Å². The van der Waals surface area contributed by atoms with Crippen molar-refractivity contribution in [3.8, 4) is 0 Å². The number of halogens is 1. The number of aromatic nitrogens is 1. The second kappa shape index (κ2) is 5.32. The number of hydrogen-bond acceptors (Lipinski definition) is 2. The van der Waals surface area contributed by atoms with Crippen LogP contribution in [0.5, 0.6) is 0 Å². The van der Waals surface area contributed by atoms with Crippen molar-refractivity contribution >= 4 is 21.8 Å². The molecule has 0 unspecified atom stereocenters. The molecule has 1 rings (SSSR count). The maximum Gasteiger partial charge on any atom is 0.291 e. The Morgan fingerprint density at radius 1 is 1.67 bits per heavy atom. The van der Waals surface area contributed by atoms with E-state index in [0.717, 1.165) is 4.47 Å². The van der Waals surface area contributed by atoms with Gasteiger partial charge in [0.15, 0.2) is 0 Å². The van der Waals surface area contributed by atoms with Gasteiger partial charge in [-0.25, -0.2) is 5.48 Å². The smallest absolute Gasteiger partial charge is 0.291 e. The molecule has 0 fully saturated rings. The highest BCUT2D eigenvalue weighted by Gasteiger charge is 2.14.